The van der Waals surface area contributed by atoms with Crippen molar-refractivity contribution in [1.29, 1.82) is 0 Å². The highest BCUT2D eigenvalue weighted by atomic mass is 16.4. The zero-order valence-electron chi connectivity index (χ0n) is 11.6. The number of carbonyl (C=O) groups is 2. The van der Waals surface area contributed by atoms with Gasteiger partial charge < -0.3 is 15.0 Å². The molecule has 0 saturated heterocycles. The topological polar surface area (TPSA) is 71.3 Å². The van der Waals surface area contributed by atoms with Crippen LogP contribution in [0.4, 0.5) is 0 Å². The molecule has 0 aliphatic heterocycles. The van der Waals surface area contributed by atoms with Crippen molar-refractivity contribution in [3.63, 3.8) is 0 Å². The molecule has 0 radical (unpaired) electrons. The van der Waals surface area contributed by atoms with Crippen LogP contribution in [0, 0.1) is 5.92 Å². The summed E-state index contributed by atoms with van der Waals surface area (Å²) in [5, 5.41) is 11.7. The molecule has 1 aromatic heterocycles. The van der Waals surface area contributed by atoms with Crippen LogP contribution in [0.3, 0.4) is 0 Å². The maximum absolute atomic E-state index is 11.7. The summed E-state index contributed by atoms with van der Waals surface area (Å²) in [5.74, 6) is -0.480. The van der Waals surface area contributed by atoms with E-state index in [-0.39, 0.29) is 18.1 Å². The molecule has 106 valence electrons. The number of hydrogen-bond donors (Lipinski definition) is 2. The predicted octanol–water partition coefficient (Wildman–Crippen LogP) is 2.13. The molecule has 2 N–H and O–H groups in total. The molecular formula is C14H22N2O3. The lowest BCUT2D eigenvalue weighted by molar-refractivity contribution is -0.121. The average molecular weight is 266 g/mol. The highest BCUT2D eigenvalue weighted by molar-refractivity contribution is 5.86. The molecule has 0 aromatic carbocycles. The number of aromatic nitrogens is 1. The van der Waals surface area contributed by atoms with Crippen molar-refractivity contribution in [3.8, 4) is 0 Å². The third kappa shape index (κ3) is 5.59. The van der Waals surface area contributed by atoms with E-state index >= 15 is 0 Å². The summed E-state index contributed by atoms with van der Waals surface area (Å²) in [6, 6.07) is 3.11. The molecule has 0 fully saturated rings. The van der Waals surface area contributed by atoms with Gasteiger partial charge in [-0.25, -0.2) is 4.79 Å². The molecule has 0 spiro atoms. The fourth-order valence-corrected chi connectivity index (χ4v) is 1.86. The Morgan fingerprint density at radius 3 is 2.74 bits per heavy atom. The quantitative estimate of drug-likeness (QED) is 0.708. The molecule has 0 saturated carbocycles. The van der Waals surface area contributed by atoms with Gasteiger partial charge in [0.15, 0.2) is 0 Å². The number of rotatable bonds is 8. The molecule has 0 bridgehead atoms. The normalized spacial score (nSPS) is 10.7. The van der Waals surface area contributed by atoms with E-state index in [1.807, 2.05) is 0 Å². The molecule has 1 amide bonds. The maximum Gasteiger partial charge on any atom is 0.352 e. The van der Waals surface area contributed by atoms with Gasteiger partial charge in [-0.05, 0) is 24.5 Å². The molecule has 5 nitrogen and oxygen atoms in total. The van der Waals surface area contributed by atoms with Gasteiger partial charge in [-0.3, -0.25) is 4.79 Å². The van der Waals surface area contributed by atoms with E-state index < -0.39 is 5.97 Å². The summed E-state index contributed by atoms with van der Waals surface area (Å²) >= 11 is 0. The largest absolute Gasteiger partial charge is 0.477 e. The van der Waals surface area contributed by atoms with E-state index in [2.05, 4.69) is 19.2 Å². The fourth-order valence-electron chi connectivity index (χ4n) is 1.86. The van der Waals surface area contributed by atoms with E-state index in [0.29, 0.717) is 12.5 Å². The first kappa shape index (κ1) is 15.3. The van der Waals surface area contributed by atoms with Gasteiger partial charge in [0.05, 0.1) is 0 Å². The summed E-state index contributed by atoms with van der Waals surface area (Å²) < 4.78 is 1.44. The van der Waals surface area contributed by atoms with Gasteiger partial charge in [0.25, 0.3) is 0 Å². The van der Waals surface area contributed by atoms with Crippen molar-refractivity contribution in [2.24, 2.45) is 5.92 Å². The first-order valence-corrected chi connectivity index (χ1v) is 6.66. The number of amides is 1. The van der Waals surface area contributed by atoms with Crippen molar-refractivity contribution in [2.45, 2.75) is 39.7 Å². The number of aromatic carboxylic acids is 1. The average Bonchev–Trinajstić information content (AvgIpc) is 2.76. The van der Waals surface area contributed by atoms with Crippen LogP contribution in [0.15, 0.2) is 18.3 Å². The smallest absolute Gasteiger partial charge is 0.352 e. The monoisotopic (exact) mass is 266 g/mol. The summed E-state index contributed by atoms with van der Waals surface area (Å²) in [5.41, 5.74) is 0.134. The van der Waals surface area contributed by atoms with E-state index in [9.17, 15) is 9.59 Å². The van der Waals surface area contributed by atoms with Gasteiger partial charge in [-0.15, -0.1) is 0 Å². The minimum atomic E-state index is -1.02. The van der Waals surface area contributed by atoms with Gasteiger partial charge >= 0.3 is 5.97 Å². The molecule has 0 aliphatic rings. The SMILES string of the molecule is CC(C)CCCCNC(=O)Cn1cccc1C(=O)O. The summed E-state index contributed by atoms with van der Waals surface area (Å²) in [6.45, 7) is 5.06. The Balaban J connectivity index is 2.27. The first-order chi connectivity index (χ1) is 9.00. The van der Waals surface area contributed by atoms with Crippen molar-refractivity contribution < 1.29 is 14.7 Å². The van der Waals surface area contributed by atoms with Crippen molar-refractivity contribution in [3.05, 3.63) is 24.0 Å². The second kappa shape index (κ2) is 7.61. The zero-order chi connectivity index (χ0) is 14.3. The molecule has 0 aliphatic carbocycles. The summed E-state index contributed by atoms with van der Waals surface area (Å²) in [7, 11) is 0. The number of carboxylic acid groups (broad SMARTS) is 1. The van der Waals surface area contributed by atoms with E-state index in [1.54, 1.807) is 12.3 Å². The lowest BCUT2D eigenvalue weighted by atomic mass is 10.1. The van der Waals surface area contributed by atoms with Crippen molar-refractivity contribution in [1.82, 2.24) is 9.88 Å². The molecule has 5 heteroatoms. The fraction of sp³-hybridized carbons (Fsp3) is 0.571. The highest BCUT2D eigenvalue weighted by Gasteiger charge is 2.11. The zero-order valence-corrected chi connectivity index (χ0v) is 11.6. The van der Waals surface area contributed by atoms with Crippen LogP contribution in [0.1, 0.15) is 43.6 Å². The number of nitrogens with zero attached hydrogens (tertiary/aromatic N) is 1. The minimum absolute atomic E-state index is 0.0544. The van der Waals surface area contributed by atoms with Crippen LogP contribution >= 0.6 is 0 Å². The predicted molar refractivity (Wildman–Crippen MR) is 73.1 cm³/mol. The van der Waals surface area contributed by atoms with Crippen LogP contribution in [0.5, 0.6) is 0 Å². The Morgan fingerprint density at radius 1 is 1.37 bits per heavy atom. The van der Waals surface area contributed by atoms with Crippen molar-refractivity contribution >= 4 is 11.9 Å². The van der Waals surface area contributed by atoms with E-state index in [4.69, 9.17) is 5.11 Å². The number of hydrogen-bond acceptors (Lipinski definition) is 2. The molecule has 0 unspecified atom stereocenters. The Kier molecular flexibility index (Phi) is 6.12. The maximum atomic E-state index is 11.7. The Hall–Kier alpha value is -1.78. The van der Waals surface area contributed by atoms with E-state index in [1.165, 1.54) is 10.6 Å². The van der Waals surface area contributed by atoms with Crippen LogP contribution < -0.4 is 5.32 Å². The molecule has 1 aromatic rings. The number of nitrogens with one attached hydrogen (secondary N) is 1. The molecule has 19 heavy (non-hydrogen) atoms. The molecular weight excluding hydrogens is 244 g/mol. The Bertz CT molecular complexity index is 424. The Labute approximate surface area is 113 Å². The highest BCUT2D eigenvalue weighted by Crippen LogP contribution is 2.05. The van der Waals surface area contributed by atoms with Gasteiger partial charge in [0, 0.05) is 12.7 Å². The first-order valence-electron chi connectivity index (χ1n) is 6.66. The lowest BCUT2D eigenvalue weighted by Crippen LogP contribution is -2.29. The van der Waals surface area contributed by atoms with Crippen LogP contribution in [-0.2, 0) is 11.3 Å². The second-order valence-electron chi connectivity index (χ2n) is 5.07. The summed E-state index contributed by atoms with van der Waals surface area (Å²) in [6.07, 6.45) is 4.82. The van der Waals surface area contributed by atoms with Gasteiger partial charge in [0.2, 0.25) is 5.91 Å². The molecule has 1 heterocycles. The van der Waals surface area contributed by atoms with Gasteiger partial charge in [0.1, 0.15) is 12.2 Å². The molecule has 0 atom stereocenters. The lowest BCUT2D eigenvalue weighted by Gasteiger charge is -2.08. The second-order valence-corrected chi connectivity index (χ2v) is 5.07. The minimum Gasteiger partial charge on any atom is -0.477 e. The van der Waals surface area contributed by atoms with Crippen LogP contribution in [0.2, 0.25) is 0 Å². The third-order valence-corrected chi connectivity index (χ3v) is 2.89. The van der Waals surface area contributed by atoms with Crippen LogP contribution in [-0.4, -0.2) is 28.1 Å². The van der Waals surface area contributed by atoms with E-state index in [0.717, 1.165) is 19.3 Å². The number of unbranched alkanes of at least 4 members (excludes halogenated alkanes) is 1. The Morgan fingerprint density at radius 2 is 2.11 bits per heavy atom. The third-order valence-electron chi connectivity index (χ3n) is 2.89. The molecule has 1 rings (SSSR count). The van der Waals surface area contributed by atoms with Gasteiger partial charge in [-0.2, -0.15) is 0 Å². The van der Waals surface area contributed by atoms with Gasteiger partial charge in [-0.1, -0.05) is 26.7 Å². The van der Waals surface area contributed by atoms with Crippen LogP contribution in [0.25, 0.3) is 0 Å². The summed E-state index contributed by atoms with van der Waals surface area (Å²) in [4.78, 5) is 22.5. The van der Waals surface area contributed by atoms with Crippen molar-refractivity contribution in [2.75, 3.05) is 6.54 Å². The number of carbonyl (C=O) groups excluding carboxylic acids is 1. The number of carboxylic acids is 1. The standard InChI is InChI=1S/C14H22N2O3/c1-11(2)6-3-4-8-15-13(17)10-16-9-5-7-12(16)14(18)19/h5,7,9,11H,3-4,6,8,10H2,1-2H3,(H,15,17)(H,18,19).